The minimum atomic E-state index is -3.36. The molecule has 0 aliphatic carbocycles. The molecule has 0 aromatic rings. The Hall–Kier alpha value is -1.11. The zero-order valence-electron chi connectivity index (χ0n) is 9.68. The van der Waals surface area contributed by atoms with Crippen molar-refractivity contribution in [3.8, 4) is 12.1 Å². The molecule has 0 N–H and O–H groups in total. The molecule has 5 nitrogen and oxygen atoms in total. The van der Waals surface area contributed by atoms with Crippen LogP contribution in [-0.2, 0) is 10.0 Å². The molecule has 0 aromatic carbocycles. The topological polar surface area (TPSA) is 85.0 Å². The summed E-state index contributed by atoms with van der Waals surface area (Å²) >= 11 is 0. The molecular weight excluding hydrogens is 226 g/mol. The first kappa shape index (κ1) is 14.9. The van der Waals surface area contributed by atoms with Gasteiger partial charge in [0, 0.05) is 25.9 Å². The van der Waals surface area contributed by atoms with Gasteiger partial charge < -0.3 is 0 Å². The van der Waals surface area contributed by atoms with Gasteiger partial charge in [-0.05, 0) is 13.3 Å². The molecule has 0 spiro atoms. The van der Waals surface area contributed by atoms with Crippen molar-refractivity contribution in [2.45, 2.75) is 38.4 Å². The van der Waals surface area contributed by atoms with Crippen LogP contribution in [0.2, 0.25) is 0 Å². The molecule has 16 heavy (non-hydrogen) atoms. The molecule has 90 valence electrons. The Morgan fingerprint density at radius 1 is 1.19 bits per heavy atom. The normalized spacial score (nSPS) is 13.1. The van der Waals surface area contributed by atoms with E-state index in [9.17, 15) is 8.42 Å². The third-order valence-corrected chi connectivity index (χ3v) is 4.82. The van der Waals surface area contributed by atoms with E-state index in [0.29, 0.717) is 6.42 Å². The van der Waals surface area contributed by atoms with E-state index in [2.05, 4.69) is 0 Å². The highest BCUT2D eigenvalue weighted by Gasteiger charge is 2.26. The van der Waals surface area contributed by atoms with Crippen LogP contribution in [0.5, 0.6) is 0 Å². The second-order valence-corrected chi connectivity index (χ2v) is 5.83. The van der Waals surface area contributed by atoms with Crippen molar-refractivity contribution in [2.75, 3.05) is 13.1 Å². The van der Waals surface area contributed by atoms with Gasteiger partial charge in [-0.2, -0.15) is 14.8 Å². The van der Waals surface area contributed by atoms with Gasteiger partial charge >= 0.3 is 0 Å². The van der Waals surface area contributed by atoms with Crippen LogP contribution in [0.15, 0.2) is 0 Å². The van der Waals surface area contributed by atoms with Crippen LogP contribution in [0, 0.1) is 22.7 Å². The first-order chi connectivity index (χ1) is 7.50. The number of sulfonamides is 1. The predicted octanol–water partition coefficient (Wildman–Crippen LogP) is 1.24. The quantitative estimate of drug-likeness (QED) is 0.673. The molecule has 0 aromatic heterocycles. The fourth-order valence-electron chi connectivity index (χ4n) is 1.18. The maximum Gasteiger partial charge on any atom is 0.216 e. The maximum atomic E-state index is 12.0. The van der Waals surface area contributed by atoms with Crippen LogP contribution in [0.25, 0.3) is 0 Å². The van der Waals surface area contributed by atoms with Gasteiger partial charge in [0.1, 0.15) is 0 Å². The second kappa shape index (κ2) is 7.21. The number of rotatable bonds is 7. The molecule has 0 amide bonds. The summed E-state index contributed by atoms with van der Waals surface area (Å²) in [5.74, 6) is 0. The van der Waals surface area contributed by atoms with E-state index in [0.717, 1.165) is 0 Å². The SMILES string of the molecule is CCC(C)S(=O)(=O)N(CCC#N)CCC#N. The van der Waals surface area contributed by atoms with Crippen molar-refractivity contribution < 1.29 is 8.42 Å². The Morgan fingerprint density at radius 2 is 1.62 bits per heavy atom. The van der Waals surface area contributed by atoms with Crippen LogP contribution < -0.4 is 0 Å². The fraction of sp³-hybridized carbons (Fsp3) is 0.800. The van der Waals surface area contributed by atoms with E-state index in [-0.39, 0.29) is 25.9 Å². The van der Waals surface area contributed by atoms with Crippen LogP contribution in [0.1, 0.15) is 33.1 Å². The molecular formula is C10H17N3O2S. The summed E-state index contributed by atoms with van der Waals surface area (Å²) in [6, 6.07) is 3.83. The van der Waals surface area contributed by atoms with Crippen molar-refractivity contribution in [2.24, 2.45) is 0 Å². The van der Waals surface area contributed by atoms with Gasteiger partial charge in [0.05, 0.1) is 17.4 Å². The molecule has 0 bridgehead atoms. The van der Waals surface area contributed by atoms with E-state index in [1.54, 1.807) is 13.8 Å². The molecule has 1 unspecified atom stereocenters. The Kier molecular flexibility index (Phi) is 6.71. The maximum absolute atomic E-state index is 12.0. The highest BCUT2D eigenvalue weighted by molar-refractivity contribution is 7.89. The van der Waals surface area contributed by atoms with Crippen LogP contribution in [0.4, 0.5) is 0 Å². The Morgan fingerprint density at radius 3 is 1.94 bits per heavy atom. The molecule has 0 fully saturated rings. The smallest absolute Gasteiger partial charge is 0.212 e. The zero-order chi connectivity index (χ0) is 12.6. The average Bonchev–Trinajstić information content (AvgIpc) is 2.27. The molecule has 0 aliphatic rings. The van der Waals surface area contributed by atoms with Crippen LogP contribution in [0.3, 0.4) is 0 Å². The number of hydrogen-bond acceptors (Lipinski definition) is 4. The standard InChI is InChI=1S/C10H17N3O2S/c1-3-10(2)16(14,15)13(8-4-6-11)9-5-7-12/h10H,3-5,8-9H2,1-2H3. The van der Waals surface area contributed by atoms with E-state index >= 15 is 0 Å². The summed E-state index contributed by atoms with van der Waals surface area (Å²) in [5.41, 5.74) is 0. The molecule has 0 saturated heterocycles. The number of nitrogens with zero attached hydrogens (tertiary/aromatic N) is 3. The fourth-order valence-corrected chi connectivity index (χ4v) is 2.80. The lowest BCUT2D eigenvalue weighted by molar-refractivity contribution is 0.417. The Balaban J connectivity index is 4.74. The van der Waals surface area contributed by atoms with Crippen molar-refractivity contribution >= 4 is 10.0 Å². The monoisotopic (exact) mass is 243 g/mol. The lowest BCUT2D eigenvalue weighted by Crippen LogP contribution is -2.38. The molecule has 1 atom stereocenters. The average molecular weight is 243 g/mol. The summed E-state index contributed by atoms with van der Waals surface area (Å²) in [6.45, 7) is 3.78. The summed E-state index contributed by atoms with van der Waals surface area (Å²) in [4.78, 5) is 0. The molecule has 0 radical (unpaired) electrons. The lowest BCUT2D eigenvalue weighted by atomic mass is 10.4. The van der Waals surface area contributed by atoms with Crippen molar-refractivity contribution in [3.63, 3.8) is 0 Å². The molecule has 6 heteroatoms. The minimum Gasteiger partial charge on any atom is -0.212 e. The highest BCUT2D eigenvalue weighted by atomic mass is 32.2. The third kappa shape index (κ3) is 4.18. The van der Waals surface area contributed by atoms with Crippen LogP contribution >= 0.6 is 0 Å². The summed E-state index contributed by atoms with van der Waals surface area (Å²) in [6.07, 6.45) is 0.833. The van der Waals surface area contributed by atoms with E-state index in [1.165, 1.54) is 4.31 Å². The lowest BCUT2D eigenvalue weighted by Gasteiger charge is -2.23. The Bertz CT molecular complexity index is 360. The van der Waals surface area contributed by atoms with Gasteiger partial charge in [0.25, 0.3) is 0 Å². The van der Waals surface area contributed by atoms with Crippen molar-refractivity contribution in [3.05, 3.63) is 0 Å². The molecule has 0 heterocycles. The minimum absolute atomic E-state index is 0.154. The first-order valence-corrected chi connectivity index (χ1v) is 6.73. The van der Waals surface area contributed by atoms with Crippen LogP contribution in [-0.4, -0.2) is 31.1 Å². The van der Waals surface area contributed by atoms with Crippen molar-refractivity contribution in [1.29, 1.82) is 10.5 Å². The van der Waals surface area contributed by atoms with E-state index in [1.807, 2.05) is 12.1 Å². The second-order valence-electron chi connectivity index (χ2n) is 3.48. The molecule has 0 aliphatic heterocycles. The molecule has 0 saturated carbocycles. The van der Waals surface area contributed by atoms with E-state index in [4.69, 9.17) is 10.5 Å². The Labute approximate surface area is 97.3 Å². The van der Waals surface area contributed by atoms with Gasteiger partial charge in [-0.25, -0.2) is 8.42 Å². The predicted molar refractivity (Wildman–Crippen MR) is 60.7 cm³/mol. The first-order valence-electron chi connectivity index (χ1n) is 5.23. The largest absolute Gasteiger partial charge is 0.216 e. The summed E-state index contributed by atoms with van der Waals surface area (Å²) in [5, 5.41) is 16.5. The van der Waals surface area contributed by atoms with Gasteiger partial charge in [0.15, 0.2) is 0 Å². The molecule has 0 rings (SSSR count). The number of hydrogen-bond donors (Lipinski definition) is 0. The van der Waals surface area contributed by atoms with E-state index < -0.39 is 15.3 Å². The van der Waals surface area contributed by atoms with Gasteiger partial charge in [-0.3, -0.25) is 0 Å². The van der Waals surface area contributed by atoms with Gasteiger partial charge in [-0.1, -0.05) is 6.92 Å². The zero-order valence-corrected chi connectivity index (χ0v) is 10.5. The highest BCUT2D eigenvalue weighted by Crippen LogP contribution is 2.12. The third-order valence-electron chi connectivity index (χ3n) is 2.39. The summed E-state index contributed by atoms with van der Waals surface area (Å²) < 4.78 is 25.2. The summed E-state index contributed by atoms with van der Waals surface area (Å²) in [7, 11) is -3.36. The van der Waals surface area contributed by atoms with Gasteiger partial charge in [-0.15, -0.1) is 0 Å². The number of nitriles is 2. The van der Waals surface area contributed by atoms with Crippen molar-refractivity contribution in [1.82, 2.24) is 4.31 Å². The van der Waals surface area contributed by atoms with Gasteiger partial charge in [0.2, 0.25) is 10.0 Å².